The first-order valence-corrected chi connectivity index (χ1v) is 9.57. The van der Waals surface area contributed by atoms with E-state index in [2.05, 4.69) is 31.9 Å². The molecule has 27 heavy (non-hydrogen) atoms. The normalized spacial score (nSPS) is 19.1. The molecule has 5 rings (SSSR count). The van der Waals surface area contributed by atoms with Crippen molar-refractivity contribution in [2.24, 2.45) is 0 Å². The Bertz CT molecular complexity index is 1160. The molecular weight excluding hydrogens is 480 g/mol. The summed E-state index contributed by atoms with van der Waals surface area (Å²) in [5.41, 5.74) is 1.01. The fraction of sp³-hybridized carbons (Fsp3) is 0.0500. The van der Waals surface area contributed by atoms with Gasteiger partial charge >= 0.3 is 5.97 Å². The number of hydrogen-bond acceptors (Lipinski definition) is 5. The van der Waals surface area contributed by atoms with Crippen LogP contribution in [0, 0.1) is 0 Å². The lowest BCUT2D eigenvalue weighted by Crippen LogP contribution is -2.33. The standard InChI is InChI=1S/C20H10Br2O5/c21-17-13(24)8-15-16(18(17)22)20(12-6-5-9(23)7-14(12)26-15)11-4-2-1-3-10(11)19(25)27-20/h1-8,23-24H. The first-order chi connectivity index (χ1) is 12.9. The van der Waals surface area contributed by atoms with Crippen molar-refractivity contribution in [3.05, 3.63) is 79.7 Å². The summed E-state index contributed by atoms with van der Waals surface area (Å²) in [7, 11) is 0. The third-order valence-electron chi connectivity index (χ3n) is 4.84. The van der Waals surface area contributed by atoms with Crippen LogP contribution in [0.1, 0.15) is 27.0 Å². The summed E-state index contributed by atoms with van der Waals surface area (Å²) >= 11 is 6.87. The quantitative estimate of drug-likeness (QED) is 0.425. The van der Waals surface area contributed by atoms with Crippen molar-refractivity contribution in [2.75, 3.05) is 0 Å². The summed E-state index contributed by atoms with van der Waals surface area (Å²) in [5.74, 6) is 0.210. The third-order valence-corrected chi connectivity index (χ3v) is 6.97. The third kappa shape index (κ3) is 2.06. The minimum Gasteiger partial charge on any atom is -0.508 e. The van der Waals surface area contributed by atoms with E-state index >= 15 is 0 Å². The Balaban J connectivity index is 1.96. The molecule has 1 atom stereocenters. The van der Waals surface area contributed by atoms with Crippen LogP contribution in [0.3, 0.4) is 0 Å². The number of ether oxygens (including phenoxy) is 2. The van der Waals surface area contributed by atoms with Crippen LogP contribution in [0.2, 0.25) is 0 Å². The van der Waals surface area contributed by atoms with Crippen LogP contribution < -0.4 is 4.74 Å². The zero-order chi connectivity index (χ0) is 18.9. The van der Waals surface area contributed by atoms with Gasteiger partial charge in [0.25, 0.3) is 0 Å². The predicted octanol–water partition coefficient (Wildman–Crippen LogP) is 5.19. The van der Waals surface area contributed by atoms with Crippen molar-refractivity contribution in [1.82, 2.24) is 0 Å². The fourth-order valence-electron chi connectivity index (χ4n) is 3.74. The molecule has 0 fully saturated rings. The number of phenolic OH excluding ortho intramolecular Hbond substituents is 2. The smallest absolute Gasteiger partial charge is 0.340 e. The number of hydrogen-bond donors (Lipinski definition) is 2. The van der Waals surface area contributed by atoms with E-state index in [9.17, 15) is 15.0 Å². The van der Waals surface area contributed by atoms with Gasteiger partial charge in [0.1, 0.15) is 23.0 Å². The minimum atomic E-state index is -1.26. The summed E-state index contributed by atoms with van der Waals surface area (Å²) in [6, 6.07) is 13.3. The molecule has 134 valence electrons. The van der Waals surface area contributed by atoms with Crippen LogP contribution >= 0.6 is 31.9 Å². The number of fused-ring (bicyclic) bond motifs is 6. The zero-order valence-corrected chi connectivity index (χ0v) is 16.7. The van der Waals surface area contributed by atoms with Crippen LogP contribution in [-0.2, 0) is 10.3 Å². The predicted molar refractivity (Wildman–Crippen MR) is 103 cm³/mol. The highest BCUT2D eigenvalue weighted by molar-refractivity contribution is 9.13. The Morgan fingerprint density at radius 3 is 2.48 bits per heavy atom. The van der Waals surface area contributed by atoms with Crippen LogP contribution in [0.25, 0.3) is 0 Å². The van der Waals surface area contributed by atoms with Crippen molar-refractivity contribution >= 4 is 37.8 Å². The van der Waals surface area contributed by atoms with Crippen LogP contribution in [0.15, 0.2) is 57.5 Å². The summed E-state index contributed by atoms with van der Waals surface area (Å²) in [6.07, 6.45) is 0. The molecule has 1 spiro atoms. The molecule has 0 aliphatic carbocycles. The fourth-order valence-corrected chi connectivity index (χ4v) is 4.73. The summed E-state index contributed by atoms with van der Waals surface area (Å²) in [5, 5.41) is 20.1. The molecule has 0 radical (unpaired) electrons. The van der Waals surface area contributed by atoms with Crippen LogP contribution in [0.4, 0.5) is 0 Å². The van der Waals surface area contributed by atoms with Crippen LogP contribution in [-0.4, -0.2) is 16.2 Å². The summed E-state index contributed by atoms with van der Waals surface area (Å²) in [6.45, 7) is 0. The van der Waals surface area contributed by atoms with Crippen molar-refractivity contribution < 1.29 is 24.5 Å². The first-order valence-electron chi connectivity index (χ1n) is 7.99. The molecule has 2 heterocycles. The lowest BCUT2D eigenvalue weighted by molar-refractivity contribution is 0.0221. The van der Waals surface area contributed by atoms with E-state index in [4.69, 9.17) is 9.47 Å². The lowest BCUT2D eigenvalue weighted by atomic mass is 9.77. The summed E-state index contributed by atoms with van der Waals surface area (Å²) < 4.78 is 12.9. The van der Waals surface area contributed by atoms with Crippen LogP contribution in [0.5, 0.6) is 23.0 Å². The molecule has 0 amide bonds. The van der Waals surface area contributed by atoms with Gasteiger partial charge in [-0.15, -0.1) is 0 Å². The van der Waals surface area contributed by atoms with E-state index in [0.717, 1.165) is 0 Å². The van der Waals surface area contributed by atoms with Gasteiger partial charge in [-0.3, -0.25) is 0 Å². The van der Waals surface area contributed by atoms with E-state index in [1.54, 1.807) is 18.2 Å². The van der Waals surface area contributed by atoms with Gasteiger partial charge in [0.05, 0.1) is 15.6 Å². The van der Waals surface area contributed by atoms with Gasteiger partial charge in [-0.05, 0) is 50.1 Å². The highest BCUT2D eigenvalue weighted by atomic mass is 79.9. The Morgan fingerprint density at radius 1 is 0.889 bits per heavy atom. The average Bonchev–Trinajstić information content (AvgIpc) is 2.93. The van der Waals surface area contributed by atoms with Gasteiger partial charge < -0.3 is 19.7 Å². The number of rotatable bonds is 0. The Labute approximate surface area is 170 Å². The maximum absolute atomic E-state index is 12.7. The van der Waals surface area contributed by atoms with Gasteiger partial charge in [-0.1, -0.05) is 18.2 Å². The van der Waals surface area contributed by atoms with E-state index < -0.39 is 11.6 Å². The molecule has 7 heteroatoms. The number of halogens is 2. The number of benzene rings is 3. The maximum Gasteiger partial charge on any atom is 0.340 e. The van der Waals surface area contributed by atoms with E-state index in [1.807, 2.05) is 12.1 Å². The van der Waals surface area contributed by atoms with Crippen molar-refractivity contribution in [3.8, 4) is 23.0 Å². The molecular formula is C20H10Br2O5. The molecule has 1 unspecified atom stereocenters. The van der Waals surface area contributed by atoms with E-state index in [0.29, 0.717) is 42.7 Å². The topological polar surface area (TPSA) is 76.0 Å². The average molecular weight is 490 g/mol. The van der Waals surface area contributed by atoms with Gasteiger partial charge in [0.2, 0.25) is 0 Å². The number of esters is 1. The highest BCUT2D eigenvalue weighted by Gasteiger charge is 2.55. The zero-order valence-electron chi connectivity index (χ0n) is 13.5. The molecule has 0 bridgehead atoms. The number of aromatic hydroxyl groups is 2. The van der Waals surface area contributed by atoms with Gasteiger partial charge in [0.15, 0.2) is 5.60 Å². The molecule has 2 N–H and O–H groups in total. The second-order valence-electron chi connectivity index (χ2n) is 6.30. The second-order valence-corrected chi connectivity index (χ2v) is 7.88. The number of phenols is 2. The molecule has 0 aromatic heterocycles. The van der Waals surface area contributed by atoms with E-state index in [-0.39, 0.29) is 11.5 Å². The largest absolute Gasteiger partial charge is 0.508 e. The van der Waals surface area contributed by atoms with Gasteiger partial charge in [-0.25, -0.2) is 4.79 Å². The first kappa shape index (κ1) is 16.6. The van der Waals surface area contributed by atoms with Crippen molar-refractivity contribution in [1.29, 1.82) is 0 Å². The molecule has 2 aliphatic heterocycles. The van der Waals surface area contributed by atoms with Gasteiger partial charge in [0, 0.05) is 27.7 Å². The minimum absolute atomic E-state index is 0.0188. The molecule has 3 aromatic carbocycles. The Hall–Kier alpha value is -2.51. The Morgan fingerprint density at radius 2 is 1.67 bits per heavy atom. The second kappa shape index (κ2) is 5.50. The summed E-state index contributed by atoms with van der Waals surface area (Å²) in [4.78, 5) is 12.7. The molecule has 2 aliphatic rings. The molecule has 3 aromatic rings. The number of carbonyl (C=O) groups is 1. The van der Waals surface area contributed by atoms with E-state index in [1.165, 1.54) is 18.2 Å². The molecule has 5 nitrogen and oxygen atoms in total. The maximum atomic E-state index is 12.7. The molecule has 0 saturated heterocycles. The lowest BCUT2D eigenvalue weighted by Gasteiger charge is -2.37. The highest BCUT2D eigenvalue weighted by Crippen LogP contribution is 2.60. The van der Waals surface area contributed by atoms with Gasteiger partial charge in [-0.2, -0.15) is 0 Å². The Kier molecular flexibility index (Phi) is 3.39. The molecule has 0 saturated carbocycles. The number of carbonyl (C=O) groups excluding carboxylic acids is 1. The van der Waals surface area contributed by atoms with Crippen molar-refractivity contribution in [2.45, 2.75) is 5.60 Å². The van der Waals surface area contributed by atoms with Crippen molar-refractivity contribution in [3.63, 3.8) is 0 Å². The SMILES string of the molecule is O=C1OC2(c3ccc(O)cc3Oc3cc(O)c(Br)c(Br)c32)c2ccccc21. The monoisotopic (exact) mass is 488 g/mol.